The van der Waals surface area contributed by atoms with Gasteiger partial charge in [0.2, 0.25) is 0 Å². The largest absolute Gasteiger partial charge is 0.459 e. The Balaban J connectivity index is 2.10. The summed E-state index contributed by atoms with van der Waals surface area (Å²) in [4.78, 5) is 13.5. The van der Waals surface area contributed by atoms with Gasteiger partial charge in [-0.1, -0.05) is 39.0 Å². The maximum atomic E-state index is 12.3. The first kappa shape index (κ1) is 16.4. The number of thioether (sulfide) groups is 1. The number of hydrogen-bond acceptors (Lipinski definition) is 3. The van der Waals surface area contributed by atoms with Gasteiger partial charge in [0.05, 0.1) is 5.92 Å². The zero-order valence-electron chi connectivity index (χ0n) is 13.7. The van der Waals surface area contributed by atoms with Crippen LogP contribution in [0.15, 0.2) is 35.2 Å². The van der Waals surface area contributed by atoms with Crippen LogP contribution in [0.1, 0.15) is 41.0 Å². The van der Waals surface area contributed by atoms with Crippen molar-refractivity contribution in [3.63, 3.8) is 0 Å². The van der Waals surface area contributed by atoms with E-state index in [-0.39, 0.29) is 28.8 Å². The van der Waals surface area contributed by atoms with E-state index in [1.807, 2.05) is 31.7 Å². The lowest BCUT2D eigenvalue weighted by Crippen LogP contribution is -2.33. The Kier molecular flexibility index (Phi) is 4.72. The van der Waals surface area contributed by atoms with Crippen molar-refractivity contribution < 1.29 is 9.53 Å². The number of ether oxygens (including phenoxy) is 1. The molecule has 1 saturated heterocycles. The number of carbonyl (C=O) groups excluding carboxylic acids is 1. The van der Waals surface area contributed by atoms with E-state index in [4.69, 9.17) is 4.74 Å². The average molecular weight is 306 g/mol. The molecule has 0 unspecified atom stereocenters. The molecule has 0 radical (unpaired) electrons. The zero-order valence-corrected chi connectivity index (χ0v) is 14.5. The molecule has 1 fully saturated rings. The van der Waals surface area contributed by atoms with Gasteiger partial charge in [0.25, 0.3) is 0 Å². The van der Waals surface area contributed by atoms with Crippen molar-refractivity contribution in [2.45, 2.75) is 51.5 Å². The molecule has 1 aliphatic heterocycles. The summed E-state index contributed by atoms with van der Waals surface area (Å²) in [6.45, 7) is 10.7. The second kappa shape index (κ2) is 6.04. The predicted molar refractivity (Wildman–Crippen MR) is 88.4 cm³/mol. The highest BCUT2D eigenvalue weighted by atomic mass is 32.2. The molecule has 1 aromatic rings. The summed E-state index contributed by atoms with van der Waals surface area (Å²) in [5, 5.41) is 0. The Morgan fingerprint density at radius 3 is 2.38 bits per heavy atom. The van der Waals surface area contributed by atoms with Crippen LogP contribution in [0.25, 0.3) is 0 Å². The molecule has 0 aromatic heterocycles. The van der Waals surface area contributed by atoms with Gasteiger partial charge >= 0.3 is 5.97 Å². The third kappa shape index (κ3) is 4.26. The van der Waals surface area contributed by atoms with Crippen molar-refractivity contribution in [3.05, 3.63) is 30.3 Å². The normalized spacial score (nSPS) is 24.9. The summed E-state index contributed by atoms with van der Waals surface area (Å²) in [5.74, 6) is 1.17. The van der Waals surface area contributed by atoms with Crippen LogP contribution in [0.4, 0.5) is 0 Å². The lowest BCUT2D eigenvalue weighted by molar-refractivity contribution is -0.149. The van der Waals surface area contributed by atoms with E-state index in [0.717, 1.165) is 12.2 Å². The van der Waals surface area contributed by atoms with Crippen LogP contribution in [-0.2, 0) is 9.53 Å². The standard InChI is InChI=1S/C18H26O2S/c1-17(2,3)11-14-15(18(4,5)20-16(14)19)12-21-13-9-7-6-8-10-13/h6-10,14-15H,11-12H2,1-5H3/t14-,15-/m0/s1. The molecule has 2 rings (SSSR count). The molecule has 0 N–H and O–H groups in total. The fraction of sp³-hybridized carbons (Fsp3) is 0.611. The smallest absolute Gasteiger partial charge is 0.309 e. The molecule has 2 atom stereocenters. The summed E-state index contributed by atoms with van der Waals surface area (Å²) >= 11 is 1.82. The number of cyclic esters (lactones) is 1. The molecule has 1 aliphatic rings. The van der Waals surface area contributed by atoms with Gasteiger partial charge in [-0.25, -0.2) is 0 Å². The number of rotatable bonds is 4. The molecule has 116 valence electrons. The minimum Gasteiger partial charge on any atom is -0.459 e. The summed E-state index contributed by atoms with van der Waals surface area (Å²) in [5.41, 5.74) is -0.228. The second-order valence-electron chi connectivity index (χ2n) is 7.63. The van der Waals surface area contributed by atoms with Crippen LogP contribution in [0, 0.1) is 17.3 Å². The van der Waals surface area contributed by atoms with Gasteiger partial charge in [0, 0.05) is 16.6 Å². The topological polar surface area (TPSA) is 26.3 Å². The summed E-state index contributed by atoms with van der Waals surface area (Å²) in [6, 6.07) is 10.4. The number of carbonyl (C=O) groups is 1. The maximum Gasteiger partial charge on any atom is 0.309 e. The van der Waals surface area contributed by atoms with Crippen molar-refractivity contribution in [1.82, 2.24) is 0 Å². The van der Waals surface area contributed by atoms with E-state index in [1.165, 1.54) is 4.90 Å². The molecule has 0 aliphatic carbocycles. The molecule has 2 nitrogen and oxygen atoms in total. The Morgan fingerprint density at radius 1 is 1.19 bits per heavy atom. The van der Waals surface area contributed by atoms with E-state index in [1.54, 1.807) is 0 Å². The first-order valence-corrected chi connectivity index (χ1v) is 8.58. The predicted octanol–water partition coefficient (Wildman–Crippen LogP) is 4.78. The van der Waals surface area contributed by atoms with Gasteiger partial charge in [-0.3, -0.25) is 4.79 Å². The zero-order chi connectivity index (χ0) is 15.7. The quantitative estimate of drug-likeness (QED) is 0.591. The molecule has 21 heavy (non-hydrogen) atoms. The lowest BCUT2D eigenvalue weighted by atomic mass is 9.76. The minimum absolute atomic E-state index is 0.0104. The first-order chi connectivity index (χ1) is 9.69. The Labute approximate surface area is 132 Å². The Hall–Kier alpha value is -0.960. The van der Waals surface area contributed by atoms with Crippen molar-refractivity contribution in [2.75, 3.05) is 5.75 Å². The minimum atomic E-state index is -0.366. The Morgan fingerprint density at radius 2 is 1.81 bits per heavy atom. The third-order valence-electron chi connectivity index (χ3n) is 4.05. The average Bonchev–Trinajstić information content (AvgIpc) is 2.56. The fourth-order valence-corrected chi connectivity index (χ4v) is 4.32. The molecule has 0 saturated carbocycles. The molecular weight excluding hydrogens is 280 g/mol. The number of benzene rings is 1. The Bertz CT molecular complexity index is 488. The molecule has 1 heterocycles. The van der Waals surface area contributed by atoms with Crippen molar-refractivity contribution in [3.8, 4) is 0 Å². The first-order valence-electron chi connectivity index (χ1n) is 7.60. The van der Waals surface area contributed by atoms with Gasteiger partial charge in [-0.15, -0.1) is 11.8 Å². The van der Waals surface area contributed by atoms with Gasteiger partial charge in [0.15, 0.2) is 0 Å². The number of esters is 1. The van der Waals surface area contributed by atoms with Crippen molar-refractivity contribution >= 4 is 17.7 Å². The highest BCUT2D eigenvalue weighted by molar-refractivity contribution is 7.99. The maximum absolute atomic E-state index is 12.3. The van der Waals surface area contributed by atoms with Crippen LogP contribution in [-0.4, -0.2) is 17.3 Å². The van der Waals surface area contributed by atoms with E-state index >= 15 is 0 Å². The van der Waals surface area contributed by atoms with Gasteiger partial charge in [0.1, 0.15) is 5.60 Å². The summed E-state index contributed by atoms with van der Waals surface area (Å²) in [7, 11) is 0. The van der Waals surface area contributed by atoms with Crippen LogP contribution in [0.2, 0.25) is 0 Å². The van der Waals surface area contributed by atoms with E-state index in [0.29, 0.717) is 0 Å². The molecular formula is C18H26O2S. The van der Waals surface area contributed by atoms with Crippen molar-refractivity contribution in [2.24, 2.45) is 17.3 Å². The third-order valence-corrected chi connectivity index (χ3v) is 5.18. The molecule has 3 heteroatoms. The van der Waals surface area contributed by atoms with Gasteiger partial charge in [-0.2, -0.15) is 0 Å². The highest BCUT2D eigenvalue weighted by Gasteiger charge is 2.50. The van der Waals surface area contributed by atoms with E-state index < -0.39 is 0 Å². The van der Waals surface area contributed by atoms with Crippen LogP contribution < -0.4 is 0 Å². The van der Waals surface area contributed by atoms with Crippen LogP contribution in [0.5, 0.6) is 0 Å². The van der Waals surface area contributed by atoms with Gasteiger partial charge < -0.3 is 4.74 Å². The molecule has 0 bridgehead atoms. The fourth-order valence-electron chi connectivity index (χ4n) is 2.96. The van der Waals surface area contributed by atoms with E-state index in [2.05, 4.69) is 45.0 Å². The number of hydrogen-bond donors (Lipinski definition) is 0. The highest BCUT2D eigenvalue weighted by Crippen LogP contribution is 2.44. The lowest BCUT2D eigenvalue weighted by Gasteiger charge is -2.29. The molecule has 0 amide bonds. The van der Waals surface area contributed by atoms with Crippen molar-refractivity contribution in [1.29, 1.82) is 0 Å². The SMILES string of the molecule is CC(C)(C)C[C@@H]1C(=O)OC(C)(C)[C@H]1CSc1ccccc1. The summed E-state index contributed by atoms with van der Waals surface area (Å²) < 4.78 is 5.66. The van der Waals surface area contributed by atoms with E-state index in [9.17, 15) is 4.79 Å². The second-order valence-corrected chi connectivity index (χ2v) is 8.72. The van der Waals surface area contributed by atoms with Crippen LogP contribution >= 0.6 is 11.8 Å². The molecule has 1 aromatic carbocycles. The summed E-state index contributed by atoms with van der Waals surface area (Å²) in [6.07, 6.45) is 0.884. The van der Waals surface area contributed by atoms with Crippen LogP contribution in [0.3, 0.4) is 0 Å². The van der Waals surface area contributed by atoms with Gasteiger partial charge in [-0.05, 0) is 37.8 Å². The molecule has 0 spiro atoms. The monoisotopic (exact) mass is 306 g/mol.